The van der Waals surface area contributed by atoms with Gasteiger partial charge in [0.05, 0.1) is 13.2 Å². The Morgan fingerprint density at radius 2 is 1.83 bits per heavy atom. The van der Waals surface area contributed by atoms with Crippen LogP contribution in [0.2, 0.25) is 0 Å². The molecule has 1 aliphatic rings. The molecule has 29 heavy (non-hydrogen) atoms. The number of aliphatic hydroxyl groups excluding tert-OH is 5. The number of carbonyl (C=O) groups excluding carboxylic acids is 1. The van der Waals surface area contributed by atoms with Crippen molar-refractivity contribution in [3.8, 4) is 11.5 Å². The smallest absolute Gasteiger partial charge is 0.330 e. The Morgan fingerprint density at radius 3 is 2.45 bits per heavy atom. The lowest BCUT2D eigenvalue weighted by Crippen LogP contribution is -2.60. The molecule has 1 saturated heterocycles. The zero-order valence-electron chi connectivity index (χ0n) is 15.2. The summed E-state index contributed by atoms with van der Waals surface area (Å²) < 4.78 is 15.4. The fourth-order valence-corrected chi connectivity index (χ4v) is 2.54. The summed E-state index contributed by atoms with van der Waals surface area (Å²) in [7, 11) is 0. The lowest BCUT2D eigenvalue weighted by Gasteiger charge is -2.40. The van der Waals surface area contributed by atoms with Crippen LogP contribution >= 0.6 is 0 Å². The van der Waals surface area contributed by atoms with Crippen LogP contribution in [0, 0.1) is 0 Å². The minimum Gasteiger partial charge on any atom is -0.504 e. The number of carbonyl (C=O) groups is 1. The fraction of sp³-hybridized carbons (Fsp3) is 0.500. The van der Waals surface area contributed by atoms with Crippen molar-refractivity contribution in [1.82, 2.24) is 0 Å². The Kier molecular flexibility index (Phi) is 8.34. The second-order valence-corrected chi connectivity index (χ2v) is 6.35. The van der Waals surface area contributed by atoms with Crippen LogP contribution in [0.25, 0.3) is 6.08 Å². The SMILES string of the molecule is O=C(C=Cc1ccc(O)c(O)c1)OC[C@H](CO)O[C@@H]1O[C@H](CO)[C@@H](O)[C@H](O)[C@H]1O. The van der Waals surface area contributed by atoms with Crippen molar-refractivity contribution in [3.63, 3.8) is 0 Å². The first-order valence-electron chi connectivity index (χ1n) is 8.70. The van der Waals surface area contributed by atoms with Crippen molar-refractivity contribution in [2.75, 3.05) is 19.8 Å². The van der Waals surface area contributed by atoms with E-state index < -0.39 is 62.6 Å². The Balaban J connectivity index is 1.88. The summed E-state index contributed by atoms with van der Waals surface area (Å²) in [6.07, 6.45) is -6.24. The van der Waals surface area contributed by atoms with Crippen molar-refractivity contribution < 1.29 is 54.8 Å². The molecule has 0 spiro atoms. The fourth-order valence-electron chi connectivity index (χ4n) is 2.54. The second-order valence-electron chi connectivity index (χ2n) is 6.35. The number of hydrogen-bond donors (Lipinski definition) is 7. The van der Waals surface area contributed by atoms with Crippen molar-refractivity contribution in [2.45, 2.75) is 36.8 Å². The number of aliphatic hydroxyl groups is 5. The van der Waals surface area contributed by atoms with Gasteiger partial charge in [0.25, 0.3) is 0 Å². The first-order chi connectivity index (χ1) is 13.8. The number of hydrogen-bond acceptors (Lipinski definition) is 11. The van der Waals surface area contributed by atoms with Gasteiger partial charge in [-0.15, -0.1) is 0 Å². The average Bonchev–Trinajstić information content (AvgIpc) is 2.71. The lowest BCUT2D eigenvalue weighted by molar-refractivity contribution is -0.315. The quantitative estimate of drug-likeness (QED) is 0.139. The monoisotopic (exact) mass is 416 g/mol. The predicted octanol–water partition coefficient (Wildman–Crippen LogP) is -2.17. The zero-order chi connectivity index (χ0) is 21.6. The molecule has 11 heteroatoms. The van der Waals surface area contributed by atoms with Crippen LogP contribution in [0.4, 0.5) is 0 Å². The number of ether oxygens (including phenoxy) is 3. The van der Waals surface area contributed by atoms with Gasteiger partial charge in [-0.05, 0) is 23.8 Å². The average molecular weight is 416 g/mol. The molecule has 0 aromatic heterocycles. The van der Waals surface area contributed by atoms with E-state index in [4.69, 9.17) is 19.3 Å². The molecule has 162 valence electrons. The van der Waals surface area contributed by atoms with E-state index in [1.54, 1.807) is 0 Å². The highest BCUT2D eigenvalue weighted by Crippen LogP contribution is 2.25. The first kappa shape index (κ1) is 23.0. The summed E-state index contributed by atoms with van der Waals surface area (Å²) in [6, 6.07) is 3.94. The number of benzene rings is 1. The Morgan fingerprint density at radius 1 is 1.10 bits per heavy atom. The van der Waals surface area contributed by atoms with E-state index in [1.165, 1.54) is 24.3 Å². The highest BCUT2D eigenvalue weighted by molar-refractivity contribution is 5.87. The second kappa shape index (κ2) is 10.5. The molecule has 1 aliphatic heterocycles. The third kappa shape index (κ3) is 6.11. The number of phenolic OH excluding ortho intramolecular Hbond substituents is 2. The third-order valence-corrected chi connectivity index (χ3v) is 4.20. The van der Waals surface area contributed by atoms with Crippen LogP contribution in [-0.4, -0.2) is 98.3 Å². The Hall–Kier alpha value is -2.25. The highest BCUT2D eigenvalue weighted by atomic mass is 16.7. The lowest BCUT2D eigenvalue weighted by atomic mass is 9.99. The summed E-state index contributed by atoms with van der Waals surface area (Å²) >= 11 is 0. The van der Waals surface area contributed by atoms with Crippen molar-refractivity contribution in [1.29, 1.82) is 0 Å². The van der Waals surface area contributed by atoms with E-state index in [0.29, 0.717) is 5.56 Å². The van der Waals surface area contributed by atoms with Crippen LogP contribution in [0.3, 0.4) is 0 Å². The van der Waals surface area contributed by atoms with Gasteiger partial charge in [-0.3, -0.25) is 0 Å². The third-order valence-electron chi connectivity index (χ3n) is 4.20. The van der Waals surface area contributed by atoms with Gasteiger partial charge in [-0.1, -0.05) is 6.07 Å². The van der Waals surface area contributed by atoms with Crippen molar-refractivity contribution in [3.05, 3.63) is 29.8 Å². The van der Waals surface area contributed by atoms with Crippen LogP contribution in [0.5, 0.6) is 11.5 Å². The molecule has 11 nitrogen and oxygen atoms in total. The molecule has 0 aliphatic carbocycles. The summed E-state index contributed by atoms with van der Waals surface area (Å²) in [4.78, 5) is 11.8. The van der Waals surface area contributed by atoms with E-state index in [1.807, 2.05) is 0 Å². The summed E-state index contributed by atoms with van der Waals surface area (Å²) in [5.74, 6) is -1.46. The molecule has 1 aromatic rings. The molecule has 1 aromatic carbocycles. The van der Waals surface area contributed by atoms with Gasteiger partial charge in [-0.25, -0.2) is 4.79 Å². The van der Waals surface area contributed by atoms with Crippen LogP contribution < -0.4 is 0 Å². The van der Waals surface area contributed by atoms with Gasteiger partial charge in [0.1, 0.15) is 37.1 Å². The molecule has 0 amide bonds. The van der Waals surface area contributed by atoms with E-state index in [0.717, 1.165) is 6.08 Å². The molecule has 2 rings (SSSR count). The molecule has 6 atom stereocenters. The standard InChI is InChI=1S/C18H24O11/c19-6-10(28-18-17(26)16(25)15(24)13(7-20)29-18)8-27-14(23)4-2-9-1-3-11(21)12(22)5-9/h1-5,10,13,15-22,24-26H,6-8H2/t10-,13+,15+,16-,17+,18+/m0/s1. The number of aromatic hydroxyl groups is 2. The van der Waals surface area contributed by atoms with Gasteiger partial charge >= 0.3 is 5.97 Å². The van der Waals surface area contributed by atoms with Crippen LogP contribution in [0.15, 0.2) is 24.3 Å². The molecular formula is C18H24O11. The Bertz CT molecular complexity index is 705. The number of rotatable bonds is 8. The first-order valence-corrected chi connectivity index (χ1v) is 8.70. The topological polar surface area (TPSA) is 186 Å². The van der Waals surface area contributed by atoms with Gasteiger partial charge in [0, 0.05) is 6.08 Å². The molecule has 0 unspecified atom stereocenters. The van der Waals surface area contributed by atoms with Crippen LogP contribution in [0.1, 0.15) is 5.56 Å². The highest BCUT2D eigenvalue weighted by Gasteiger charge is 2.44. The van der Waals surface area contributed by atoms with Crippen molar-refractivity contribution in [2.24, 2.45) is 0 Å². The largest absolute Gasteiger partial charge is 0.504 e. The van der Waals surface area contributed by atoms with Gasteiger partial charge in [0.2, 0.25) is 0 Å². The molecule has 1 heterocycles. The predicted molar refractivity (Wildman–Crippen MR) is 95.5 cm³/mol. The molecular weight excluding hydrogens is 392 g/mol. The Labute approximate surface area is 165 Å². The van der Waals surface area contributed by atoms with E-state index in [2.05, 4.69) is 0 Å². The molecule has 1 fully saturated rings. The molecule has 0 saturated carbocycles. The maximum Gasteiger partial charge on any atom is 0.330 e. The van der Waals surface area contributed by atoms with Gasteiger partial charge in [-0.2, -0.15) is 0 Å². The molecule has 0 bridgehead atoms. The number of phenols is 2. The maximum absolute atomic E-state index is 11.8. The molecule has 0 radical (unpaired) electrons. The number of esters is 1. The van der Waals surface area contributed by atoms with Gasteiger partial charge in [0.15, 0.2) is 17.8 Å². The zero-order valence-corrected chi connectivity index (χ0v) is 15.2. The minimum atomic E-state index is -1.65. The maximum atomic E-state index is 11.8. The minimum absolute atomic E-state index is 0.305. The van der Waals surface area contributed by atoms with E-state index >= 15 is 0 Å². The van der Waals surface area contributed by atoms with Crippen molar-refractivity contribution >= 4 is 12.0 Å². The van der Waals surface area contributed by atoms with Gasteiger partial charge < -0.3 is 50.0 Å². The summed E-state index contributed by atoms with van der Waals surface area (Å²) in [5, 5.41) is 66.5. The summed E-state index contributed by atoms with van der Waals surface area (Å²) in [6.45, 7) is -1.67. The van der Waals surface area contributed by atoms with E-state index in [-0.39, 0.29) is 11.5 Å². The molecule has 7 N–H and O–H groups in total. The van der Waals surface area contributed by atoms with E-state index in [9.17, 15) is 35.4 Å². The van der Waals surface area contributed by atoms with Crippen LogP contribution in [-0.2, 0) is 19.0 Å². The summed E-state index contributed by atoms with van der Waals surface area (Å²) in [5.41, 5.74) is 0.425. The normalized spacial score (nSPS) is 28.4.